The van der Waals surface area contributed by atoms with E-state index in [-0.39, 0.29) is 10.4 Å². The van der Waals surface area contributed by atoms with Gasteiger partial charge in [0.1, 0.15) is 0 Å². The number of halogens is 1. The molecular formula is C7H3FN2O3S. The van der Waals surface area contributed by atoms with Gasteiger partial charge in [-0.3, -0.25) is 14.9 Å². The minimum atomic E-state index is -0.933. The molecule has 14 heavy (non-hydrogen) atoms. The number of nitrogens with zero attached hydrogens (tertiary/aromatic N) is 1. The Labute approximate surface area is 80.0 Å². The summed E-state index contributed by atoms with van der Waals surface area (Å²) < 4.78 is 13.4. The molecule has 1 heterocycles. The van der Waals surface area contributed by atoms with Crippen molar-refractivity contribution in [3.8, 4) is 0 Å². The van der Waals surface area contributed by atoms with Crippen LogP contribution in [0.3, 0.4) is 0 Å². The van der Waals surface area contributed by atoms with Crippen molar-refractivity contribution in [1.82, 2.24) is 4.98 Å². The largest absolute Gasteiger partial charge is 0.312 e. The zero-order chi connectivity index (χ0) is 10.3. The lowest BCUT2D eigenvalue weighted by Crippen LogP contribution is -1.93. The first-order valence-electron chi connectivity index (χ1n) is 3.54. The summed E-state index contributed by atoms with van der Waals surface area (Å²) in [7, 11) is 0. The minimum Gasteiger partial charge on any atom is -0.312 e. The van der Waals surface area contributed by atoms with Crippen LogP contribution in [0.25, 0.3) is 10.2 Å². The highest BCUT2D eigenvalue weighted by Gasteiger charge is 2.16. The molecule has 5 nitrogen and oxygen atoms in total. The van der Waals surface area contributed by atoms with E-state index in [1.54, 1.807) is 0 Å². The summed E-state index contributed by atoms with van der Waals surface area (Å²) in [5.74, 6) is -0.933. The number of aromatic amines is 1. The summed E-state index contributed by atoms with van der Waals surface area (Å²) in [4.78, 5) is 22.4. The van der Waals surface area contributed by atoms with Crippen LogP contribution in [0.2, 0.25) is 0 Å². The molecule has 72 valence electrons. The number of nitrogens with one attached hydrogen (secondary N) is 1. The second kappa shape index (κ2) is 2.88. The molecule has 0 spiro atoms. The second-order valence-electron chi connectivity index (χ2n) is 2.57. The molecule has 1 N–H and O–H groups in total. The van der Waals surface area contributed by atoms with Gasteiger partial charge in [0.05, 0.1) is 15.1 Å². The van der Waals surface area contributed by atoms with Gasteiger partial charge in [0, 0.05) is 12.1 Å². The van der Waals surface area contributed by atoms with E-state index in [2.05, 4.69) is 4.98 Å². The number of nitro groups is 1. The number of H-pyrrole nitrogens is 1. The predicted molar refractivity (Wildman–Crippen MR) is 49.1 cm³/mol. The maximum absolute atomic E-state index is 13.0. The maximum atomic E-state index is 13.0. The van der Waals surface area contributed by atoms with Crippen molar-refractivity contribution in [3.05, 3.63) is 37.7 Å². The molecule has 1 aromatic heterocycles. The molecular weight excluding hydrogens is 211 g/mol. The number of thiazole rings is 1. The zero-order valence-corrected chi connectivity index (χ0v) is 7.43. The van der Waals surface area contributed by atoms with Crippen LogP contribution in [0.5, 0.6) is 0 Å². The van der Waals surface area contributed by atoms with Gasteiger partial charge >= 0.3 is 10.6 Å². The SMILES string of the molecule is O=c1[nH]c2cc([N+](=O)[O-])c(F)cc2s1. The van der Waals surface area contributed by atoms with Gasteiger partial charge in [-0.2, -0.15) is 4.39 Å². The highest BCUT2D eigenvalue weighted by Crippen LogP contribution is 2.24. The van der Waals surface area contributed by atoms with E-state index >= 15 is 0 Å². The molecule has 0 unspecified atom stereocenters. The molecule has 0 aliphatic heterocycles. The molecule has 0 bridgehead atoms. The Hall–Kier alpha value is -1.76. The molecule has 0 saturated heterocycles. The van der Waals surface area contributed by atoms with Crippen molar-refractivity contribution >= 4 is 27.2 Å². The fourth-order valence-electron chi connectivity index (χ4n) is 1.10. The van der Waals surface area contributed by atoms with Gasteiger partial charge in [-0.25, -0.2) is 0 Å². The van der Waals surface area contributed by atoms with E-state index in [4.69, 9.17) is 0 Å². The molecule has 1 aromatic carbocycles. The number of fused-ring (bicyclic) bond motifs is 1. The van der Waals surface area contributed by atoms with E-state index in [0.29, 0.717) is 4.70 Å². The van der Waals surface area contributed by atoms with Crippen LogP contribution in [0.4, 0.5) is 10.1 Å². The summed E-state index contributed by atoms with van der Waals surface area (Å²) in [5, 5.41) is 10.3. The van der Waals surface area contributed by atoms with Crippen molar-refractivity contribution in [3.63, 3.8) is 0 Å². The quantitative estimate of drug-likeness (QED) is 0.579. The molecule has 0 aliphatic rings. The van der Waals surface area contributed by atoms with Crippen LogP contribution in [-0.2, 0) is 0 Å². The Morgan fingerprint density at radius 1 is 1.50 bits per heavy atom. The van der Waals surface area contributed by atoms with Crippen molar-refractivity contribution in [2.75, 3.05) is 0 Å². The number of nitro benzene ring substituents is 1. The number of benzene rings is 1. The second-order valence-corrected chi connectivity index (χ2v) is 3.59. The molecule has 7 heteroatoms. The lowest BCUT2D eigenvalue weighted by Gasteiger charge is -1.92. The van der Waals surface area contributed by atoms with Gasteiger partial charge in [0.25, 0.3) is 0 Å². The van der Waals surface area contributed by atoms with E-state index in [0.717, 1.165) is 23.5 Å². The molecule has 2 aromatic rings. The molecule has 0 saturated carbocycles. The van der Waals surface area contributed by atoms with Crippen molar-refractivity contribution in [1.29, 1.82) is 0 Å². The summed E-state index contributed by atoms with van der Waals surface area (Å²) in [6.07, 6.45) is 0. The number of hydrogen-bond donors (Lipinski definition) is 1. The van der Waals surface area contributed by atoms with Crippen LogP contribution in [0, 0.1) is 15.9 Å². The Balaban J connectivity index is 2.82. The third-order valence-corrected chi connectivity index (χ3v) is 2.53. The van der Waals surface area contributed by atoms with Gasteiger partial charge in [-0.05, 0) is 0 Å². The Kier molecular flexibility index (Phi) is 1.81. The summed E-state index contributed by atoms with van der Waals surface area (Å²) >= 11 is 0.813. The van der Waals surface area contributed by atoms with Crippen LogP contribution >= 0.6 is 11.3 Å². The van der Waals surface area contributed by atoms with Crippen LogP contribution in [-0.4, -0.2) is 9.91 Å². The fraction of sp³-hybridized carbons (Fsp3) is 0. The number of aromatic nitrogens is 1. The maximum Gasteiger partial charge on any atom is 0.306 e. The van der Waals surface area contributed by atoms with E-state index in [1.807, 2.05) is 0 Å². The topological polar surface area (TPSA) is 76.0 Å². The zero-order valence-electron chi connectivity index (χ0n) is 6.61. The van der Waals surface area contributed by atoms with Crippen molar-refractivity contribution in [2.24, 2.45) is 0 Å². The highest BCUT2D eigenvalue weighted by atomic mass is 32.1. The van der Waals surface area contributed by atoms with Crippen LogP contribution in [0.15, 0.2) is 16.9 Å². The fourth-order valence-corrected chi connectivity index (χ4v) is 1.84. The standard InChI is InChI=1S/C7H3FN2O3S/c8-3-1-6-4(9-7(11)14-6)2-5(3)10(12)13/h1-2H,(H,9,11). The molecule has 0 radical (unpaired) electrons. The molecule has 2 rings (SSSR count). The Morgan fingerprint density at radius 3 is 2.86 bits per heavy atom. The smallest absolute Gasteiger partial charge is 0.306 e. The third-order valence-electron chi connectivity index (χ3n) is 1.69. The molecule has 0 aliphatic carbocycles. The molecule has 0 atom stereocenters. The summed E-state index contributed by atoms with van der Waals surface area (Å²) in [6.45, 7) is 0. The summed E-state index contributed by atoms with van der Waals surface area (Å²) in [6, 6.07) is 2.00. The van der Waals surface area contributed by atoms with Crippen LogP contribution < -0.4 is 4.87 Å². The molecule has 0 fully saturated rings. The van der Waals surface area contributed by atoms with Gasteiger partial charge in [0.2, 0.25) is 5.82 Å². The average molecular weight is 214 g/mol. The van der Waals surface area contributed by atoms with E-state index < -0.39 is 16.4 Å². The van der Waals surface area contributed by atoms with E-state index in [9.17, 15) is 19.3 Å². The lowest BCUT2D eigenvalue weighted by atomic mass is 10.3. The van der Waals surface area contributed by atoms with Gasteiger partial charge < -0.3 is 4.98 Å². The predicted octanol–water partition coefficient (Wildman–Crippen LogP) is 1.64. The normalized spacial score (nSPS) is 10.6. The molecule has 0 amide bonds. The van der Waals surface area contributed by atoms with Crippen molar-refractivity contribution in [2.45, 2.75) is 0 Å². The van der Waals surface area contributed by atoms with Gasteiger partial charge in [-0.1, -0.05) is 11.3 Å². The number of hydrogen-bond acceptors (Lipinski definition) is 4. The first kappa shape index (κ1) is 8.82. The van der Waals surface area contributed by atoms with Crippen LogP contribution in [0.1, 0.15) is 0 Å². The lowest BCUT2D eigenvalue weighted by molar-refractivity contribution is -0.387. The average Bonchev–Trinajstić information content (AvgIpc) is 2.42. The first-order chi connectivity index (χ1) is 6.58. The summed E-state index contributed by atoms with van der Waals surface area (Å²) in [5.41, 5.74) is -0.348. The third kappa shape index (κ3) is 1.27. The first-order valence-corrected chi connectivity index (χ1v) is 4.36. The number of rotatable bonds is 1. The van der Waals surface area contributed by atoms with E-state index in [1.165, 1.54) is 0 Å². The highest BCUT2D eigenvalue weighted by molar-refractivity contribution is 7.16. The van der Waals surface area contributed by atoms with Crippen molar-refractivity contribution < 1.29 is 9.31 Å². The Morgan fingerprint density at radius 2 is 2.21 bits per heavy atom. The van der Waals surface area contributed by atoms with Gasteiger partial charge in [0.15, 0.2) is 0 Å². The Bertz CT molecular complexity index is 574. The monoisotopic (exact) mass is 214 g/mol. The minimum absolute atomic E-state index is 0.285. The van der Waals surface area contributed by atoms with Gasteiger partial charge in [-0.15, -0.1) is 0 Å².